The van der Waals surface area contributed by atoms with E-state index < -0.39 is 15.9 Å². The normalized spacial score (nSPS) is 11.6. The van der Waals surface area contributed by atoms with Gasteiger partial charge >= 0.3 is 0 Å². The predicted octanol–water partition coefficient (Wildman–Crippen LogP) is 4.02. The third-order valence-electron chi connectivity index (χ3n) is 5.84. The van der Waals surface area contributed by atoms with E-state index in [9.17, 15) is 13.2 Å². The largest absolute Gasteiger partial charge is 0.495 e. The molecule has 0 aliphatic carbocycles. The van der Waals surface area contributed by atoms with E-state index >= 15 is 0 Å². The molecule has 0 fully saturated rings. The highest BCUT2D eigenvalue weighted by Crippen LogP contribution is 2.37. The number of nitrogens with zero attached hydrogens (tertiary/aromatic N) is 3. The Bertz CT molecular complexity index is 1850. The Hall–Kier alpha value is -4.49. The highest BCUT2D eigenvalue weighted by Gasteiger charge is 2.19. The van der Waals surface area contributed by atoms with Crippen molar-refractivity contribution in [2.45, 2.75) is 6.92 Å². The second-order valence-corrected chi connectivity index (χ2v) is 11.2. The average Bonchev–Trinajstić information content (AvgIpc) is 3.28. The fraction of sp³-hybridized carbons (Fsp3) is 0.120. The lowest BCUT2D eigenvalue weighted by Crippen LogP contribution is -2.11. The molecule has 6 N–H and O–H groups in total. The Kier molecular flexibility index (Phi) is 6.25. The number of nitrogens with two attached hydrogens (primary N) is 2. The molecule has 11 nitrogen and oxygen atoms in total. The molecule has 3 heterocycles. The highest BCUT2D eigenvalue weighted by molar-refractivity contribution is 7.92. The zero-order valence-corrected chi connectivity index (χ0v) is 22.2. The molecule has 0 bridgehead atoms. The molecule has 0 spiro atoms. The maximum atomic E-state index is 11.9. The number of hydrogen-bond acceptors (Lipinski definition) is 10. The first kappa shape index (κ1) is 25.2. The number of carbonyl (C=O) groups is 1. The first-order chi connectivity index (χ1) is 18.1. The van der Waals surface area contributed by atoms with Crippen LogP contribution in [0.1, 0.15) is 15.9 Å². The van der Waals surface area contributed by atoms with Crippen LogP contribution < -0.4 is 26.2 Å². The van der Waals surface area contributed by atoms with Crippen LogP contribution in [0.25, 0.3) is 32.4 Å². The number of methoxy groups -OCH3 is 1. The number of nitrogens with one attached hydrogen (secondary N) is 2. The standard InChI is InChI=1S/C25H23N7O4S2/c1-12-4-6-15-14(19(12)25-30-20-16(23(27)33)11-37-21(20)22(26)31-25)8-9-28-24(15)29-13-5-7-18(36-2)17(10-13)32-38(3,34)35/h4-11,32H,1-3H3,(H2,27,33)(H,28,29)(H2,26,30,31). The smallest absolute Gasteiger partial charge is 0.251 e. The molecule has 194 valence electrons. The molecular weight excluding hydrogens is 526 g/mol. The highest BCUT2D eigenvalue weighted by atomic mass is 32.2. The lowest BCUT2D eigenvalue weighted by molar-refractivity contribution is 0.100. The minimum absolute atomic E-state index is 0.260. The van der Waals surface area contributed by atoms with Gasteiger partial charge in [-0.25, -0.2) is 23.4 Å². The van der Waals surface area contributed by atoms with Gasteiger partial charge in [0.05, 0.1) is 29.3 Å². The van der Waals surface area contributed by atoms with Gasteiger partial charge in [0, 0.05) is 28.2 Å². The zero-order valence-electron chi connectivity index (χ0n) is 20.6. The number of benzene rings is 2. The van der Waals surface area contributed by atoms with Crippen molar-refractivity contribution in [3.8, 4) is 17.1 Å². The van der Waals surface area contributed by atoms with Gasteiger partial charge < -0.3 is 21.5 Å². The Morgan fingerprint density at radius 3 is 2.61 bits per heavy atom. The van der Waals surface area contributed by atoms with Crippen molar-refractivity contribution < 1.29 is 17.9 Å². The van der Waals surface area contributed by atoms with Gasteiger partial charge in [-0.05, 0) is 42.1 Å². The van der Waals surface area contributed by atoms with Gasteiger partial charge in [-0.2, -0.15) is 0 Å². The van der Waals surface area contributed by atoms with Crippen LogP contribution >= 0.6 is 11.3 Å². The molecule has 1 amide bonds. The number of fused-ring (bicyclic) bond motifs is 2. The van der Waals surface area contributed by atoms with Gasteiger partial charge in [0.15, 0.2) is 5.82 Å². The summed E-state index contributed by atoms with van der Waals surface area (Å²) in [4.78, 5) is 25.7. The van der Waals surface area contributed by atoms with E-state index in [2.05, 4.69) is 25.0 Å². The van der Waals surface area contributed by atoms with E-state index in [4.69, 9.17) is 16.2 Å². The van der Waals surface area contributed by atoms with Gasteiger partial charge in [0.2, 0.25) is 10.0 Å². The van der Waals surface area contributed by atoms with Crippen LogP contribution in [0.3, 0.4) is 0 Å². The number of amides is 1. The van der Waals surface area contributed by atoms with E-state index in [1.807, 2.05) is 25.1 Å². The minimum atomic E-state index is -3.52. The number of thiophene rings is 1. The molecule has 38 heavy (non-hydrogen) atoms. The lowest BCUT2D eigenvalue weighted by atomic mass is 9.99. The molecule has 0 unspecified atom stereocenters. The van der Waals surface area contributed by atoms with Crippen LogP contribution in [-0.2, 0) is 10.0 Å². The Labute approximate surface area is 221 Å². The van der Waals surface area contributed by atoms with E-state index in [1.165, 1.54) is 18.4 Å². The summed E-state index contributed by atoms with van der Waals surface area (Å²) in [6.45, 7) is 1.93. The summed E-state index contributed by atoms with van der Waals surface area (Å²) in [7, 11) is -2.07. The van der Waals surface area contributed by atoms with Crippen molar-refractivity contribution >= 4 is 71.3 Å². The molecule has 3 aromatic heterocycles. The minimum Gasteiger partial charge on any atom is -0.495 e. The van der Waals surface area contributed by atoms with Crippen LogP contribution in [0.2, 0.25) is 0 Å². The van der Waals surface area contributed by atoms with Crippen molar-refractivity contribution in [1.82, 2.24) is 15.0 Å². The molecule has 0 atom stereocenters. The van der Waals surface area contributed by atoms with Gasteiger partial charge in [0.25, 0.3) is 5.91 Å². The molecule has 5 rings (SSSR count). The number of sulfonamides is 1. The van der Waals surface area contributed by atoms with E-state index in [-0.39, 0.29) is 11.5 Å². The number of rotatable bonds is 7. The van der Waals surface area contributed by atoms with E-state index in [1.54, 1.807) is 29.8 Å². The molecular formula is C25H23N7O4S2. The Morgan fingerprint density at radius 2 is 1.89 bits per heavy atom. The van der Waals surface area contributed by atoms with Crippen molar-refractivity contribution in [3.63, 3.8) is 0 Å². The number of anilines is 4. The molecule has 2 aromatic carbocycles. The monoisotopic (exact) mass is 549 g/mol. The number of hydrogen-bond donors (Lipinski definition) is 4. The zero-order chi connectivity index (χ0) is 27.2. The average molecular weight is 550 g/mol. The van der Waals surface area contributed by atoms with Gasteiger partial charge in [0.1, 0.15) is 22.9 Å². The second-order valence-electron chi connectivity index (χ2n) is 8.55. The molecule has 0 aliphatic rings. The first-order valence-electron chi connectivity index (χ1n) is 11.2. The molecule has 0 saturated carbocycles. The molecule has 5 aromatic rings. The summed E-state index contributed by atoms with van der Waals surface area (Å²) in [5.41, 5.74) is 15.0. The van der Waals surface area contributed by atoms with Gasteiger partial charge in [-0.1, -0.05) is 12.1 Å². The third kappa shape index (κ3) is 4.64. The molecule has 0 radical (unpaired) electrons. The number of aryl methyl sites for hydroxylation is 1. The quantitative estimate of drug-likeness (QED) is 0.234. The number of primary amides is 1. The summed E-state index contributed by atoms with van der Waals surface area (Å²) in [6, 6.07) is 10.7. The van der Waals surface area contributed by atoms with Crippen LogP contribution in [0.5, 0.6) is 5.75 Å². The van der Waals surface area contributed by atoms with Crippen molar-refractivity contribution in [2.24, 2.45) is 5.73 Å². The van der Waals surface area contributed by atoms with Gasteiger partial charge in [-0.15, -0.1) is 11.3 Å². The van der Waals surface area contributed by atoms with Crippen LogP contribution in [-0.4, -0.2) is 42.6 Å². The predicted molar refractivity (Wildman–Crippen MR) is 151 cm³/mol. The third-order valence-corrected chi connectivity index (χ3v) is 7.42. The number of carbonyl (C=O) groups excluding carboxylic acids is 1. The molecule has 0 saturated heterocycles. The fourth-order valence-electron chi connectivity index (χ4n) is 4.19. The molecule has 13 heteroatoms. The topological polar surface area (TPSA) is 175 Å². The van der Waals surface area contributed by atoms with Crippen molar-refractivity contribution in [3.05, 3.63) is 59.1 Å². The Balaban J connectivity index is 1.64. The van der Waals surface area contributed by atoms with Crippen molar-refractivity contribution in [2.75, 3.05) is 29.1 Å². The number of aromatic nitrogens is 3. The van der Waals surface area contributed by atoms with Crippen LogP contribution in [0, 0.1) is 6.92 Å². The number of nitrogen functional groups attached to an aromatic ring is 1. The second kappa shape index (κ2) is 9.43. The summed E-state index contributed by atoms with van der Waals surface area (Å²) in [5.74, 6) is 0.936. The first-order valence-corrected chi connectivity index (χ1v) is 14.0. The maximum Gasteiger partial charge on any atom is 0.251 e. The van der Waals surface area contributed by atoms with Crippen LogP contribution in [0.15, 0.2) is 48.0 Å². The fourth-order valence-corrected chi connectivity index (χ4v) is 5.65. The van der Waals surface area contributed by atoms with E-state index in [0.29, 0.717) is 38.9 Å². The summed E-state index contributed by atoms with van der Waals surface area (Å²) in [5, 5.41) is 6.46. The van der Waals surface area contributed by atoms with E-state index in [0.717, 1.165) is 28.2 Å². The van der Waals surface area contributed by atoms with Crippen LogP contribution in [0.4, 0.5) is 23.0 Å². The van der Waals surface area contributed by atoms with Crippen molar-refractivity contribution in [1.29, 1.82) is 0 Å². The maximum absolute atomic E-state index is 11.9. The summed E-state index contributed by atoms with van der Waals surface area (Å²) in [6.07, 6.45) is 2.71. The number of ether oxygens (including phenoxy) is 1. The summed E-state index contributed by atoms with van der Waals surface area (Å²) >= 11 is 1.27. The molecule has 0 aliphatic heterocycles. The lowest BCUT2D eigenvalue weighted by Gasteiger charge is -2.15. The number of pyridine rings is 1. The van der Waals surface area contributed by atoms with Gasteiger partial charge in [-0.3, -0.25) is 9.52 Å². The summed E-state index contributed by atoms with van der Waals surface area (Å²) < 4.78 is 32.0. The SMILES string of the molecule is COc1ccc(Nc2nccc3c(-c4nc(N)c5scc(C(N)=O)c5n4)c(C)ccc23)cc1NS(C)(=O)=O. The Morgan fingerprint density at radius 1 is 1.11 bits per heavy atom.